The third-order valence-corrected chi connectivity index (χ3v) is 5.94. The number of rotatable bonds is 4. The second-order valence-electron chi connectivity index (χ2n) is 7.68. The molecule has 3 atom stereocenters. The molecule has 3 aromatic carbocycles. The Morgan fingerprint density at radius 1 is 1.00 bits per heavy atom. The highest BCUT2D eigenvalue weighted by atomic mass is 16.5. The first-order valence-corrected chi connectivity index (χ1v) is 10.0. The summed E-state index contributed by atoms with van der Waals surface area (Å²) < 4.78 is 5.88. The predicted molar refractivity (Wildman–Crippen MR) is 113 cm³/mol. The number of allylic oxidation sites excluding steroid dienone is 2. The van der Waals surface area contributed by atoms with Crippen LogP contribution in [0.3, 0.4) is 0 Å². The van der Waals surface area contributed by atoms with Crippen LogP contribution in [-0.4, -0.2) is 6.61 Å². The van der Waals surface area contributed by atoms with E-state index in [-0.39, 0.29) is 0 Å². The van der Waals surface area contributed by atoms with Crippen LogP contribution in [0.15, 0.2) is 72.8 Å². The second-order valence-corrected chi connectivity index (χ2v) is 7.68. The summed E-state index contributed by atoms with van der Waals surface area (Å²) in [7, 11) is 0. The van der Waals surface area contributed by atoms with E-state index in [0.29, 0.717) is 17.9 Å². The monoisotopic (exact) mass is 355 g/mol. The van der Waals surface area contributed by atoms with Crippen molar-refractivity contribution in [1.82, 2.24) is 0 Å². The minimum Gasteiger partial charge on any atom is -0.494 e. The van der Waals surface area contributed by atoms with Crippen LogP contribution in [0.25, 0.3) is 10.8 Å². The Labute approximate surface area is 160 Å². The van der Waals surface area contributed by atoms with Crippen molar-refractivity contribution in [1.29, 1.82) is 0 Å². The van der Waals surface area contributed by atoms with Gasteiger partial charge in [0, 0.05) is 11.6 Å². The standard InChI is InChI=1S/C25H25NO/c1-2-14-27-20-12-13-24-23(16-20)21-8-5-9-22(21)25(26-24)19-11-10-17-6-3-4-7-18(17)15-19/h3-8,10-13,15-16,21-22,25-26H,2,9,14H2,1H3. The molecule has 1 aliphatic heterocycles. The number of ether oxygens (including phenoxy) is 1. The van der Waals surface area contributed by atoms with E-state index in [9.17, 15) is 0 Å². The zero-order chi connectivity index (χ0) is 18.2. The zero-order valence-electron chi connectivity index (χ0n) is 15.7. The van der Waals surface area contributed by atoms with Gasteiger partial charge in [-0.3, -0.25) is 0 Å². The Balaban J connectivity index is 1.52. The van der Waals surface area contributed by atoms with Gasteiger partial charge in [0.05, 0.1) is 12.6 Å². The number of hydrogen-bond acceptors (Lipinski definition) is 2. The van der Waals surface area contributed by atoms with Crippen LogP contribution in [0, 0.1) is 5.92 Å². The zero-order valence-corrected chi connectivity index (χ0v) is 15.7. The van der Waals surface area contributed by atoms with Gasteiger partial charge in [0.25, 0.3) is 0 Å². The normalized spacial score (nSPS) is 22.9. The number of benzene rings is 3. The molecular weight excluding hydrogens is 330 g/mol. The summed E-state index contributed by atoms with van der Waals surface area (Å²) in [5.74, 6) is 2.00. The molecule has 27 heavy (non-hydrogen) atoms. The molecule has 0 saturated heterocycles. The predicted octanol–water partition coefficient (Wildman–Crippen LogP) is 6.46. The average Bonchev–Trinajstić information content (AvgIpc) is 3.21. The number of fused-ring (bicyclic) bond motifs is 4. The third-order valence-electron chi connectivity index (χ3n) is 5.94. The van der Waals surface area contributed by atoms with E-state index in [4.69, 9.17) is 4.74 Å². The summed E-state index contributed by atoms with van der Waals surface area (Å²) in [6.07, 6.45) is 6.89. The molecule has 1 aliphatic carbocycles. The van der Waals surface area contributed by atoms with Crippen LogP contribution < -0.4 is 10.1 Å². The van der Waals surface area contributed by atoms with E-state index >= 15 is 0 Å². The molecule has 2 aliphatic rings. The third kappa shape index (κ3) is 2.90. The molecule has 3 aromatic rings. The molecule has 0 spiro atoms. The average molecular weight is 355 g/mol. The lowest BCUT2D eigenvalue weighted by Gasteiger charge is -2.37. The molecule has 0 radical (unpaired) electrons. The van der Waals surface area contributed by atoms with Gasteiger partial charge in [-0.2, -0.15) is 0 Å². The van der Waals surface area contributed by atoms with Crippen LogP contribution >= 0.6 is 0 Å². The lowest BCUT2D eigenvalue weighted by Crippen LogP contribution is -2.29. The van der Waals surface area contributed by atoms with Gasteiger partial charge in [-0.25, -0.2) is 0 Å². The molecule has 0 bridgehead atoms. The highest BCUT2D eigenvalue weighted by Gasteiger charge is 2.38. The van der Waals surface area contributed by atoms with Crippen molar-refractivity contribution in [3.05, 3.63) is 83.9 Å². The highest BCUT2D eigenvalue weighted by Crippen LogP contribution is 2.50. The minimum atomic E-state index is 0.338. The molecule has 0 fully saturated rings. The lowest BCUT2D eigenvalue weighted by molar-refractivity contribution is 0.316. The van der Waals surface area contributed by atoms with Crippen molar-refractivity contribution < 1.29 is 4.74 Å². The molecule has 2 heteroatoms. The Hall–Kier alpha value is -2.74. The smallest absolute Gasteiger partial charge is 0.119 e. The topological polar surface area (TPSA) is 21.3 Å². The summed E-state index contributed by atoms with van der Waals surface area (Å²) in [5, 5.41) is 6.45. The van der Waals surface area contributed by atoms with Gasteiger partial charge in [0.15, 0.2) is 0 Å². The van der Waals surface area contributed by atoms with Gasteiger partial charge < -0.3 is 10.1 Å². The summed E-state index contributed by atoms with van der Waals surface area (Å²) in [4.78, 5) is 0. The summed E-state index contributed by atoms with van der Waals surface area (Å²) in [6, 6.07) is 22.4. The van der Waals surface area contributed by atoms with E-state index < -0.39 is 0 Å². The fourth-order valence-electron chi connectivity index (χ4n) is 4.61. The maximum absolute atomic E-state index is 5.88. The minimum absolute atomic E-state index is 0.338. The molecule has 1 N–H and O–H groups in total. The molecule has 136 valence electrons. The van der Waals surface area contributed by atoms with Crippen LogP contribution in [0.1, 0.15) is 42.9 Å². The summed E-state index contributed by atoms with van der Waals surface area (Å²) >= 11 is 0. The molecule has 0 saturated carbocycles. The first kappa shape index (κ1) is 16.4. The quantitative estimate of drug-likeness (QED) is 0.543. The highest BCUT2D eigenvalue weighted by molar-refractivity contribution is 5.83. The van der Waals surface area contributed by atoms with Crippen LogP contribution in [0.4, 0.5) is 5.69 Å². The molecule has 0 amide bonds. The second kappa shape index (κ2) is 6.77. The van der Waals surface area contributed by atoms with E-state index in [1.54, 1.807) is 0 Å². The van der Waals surface area contributed by atoms with Gasteiger partial charge in [-0.05, 0) is 64.9 Å². The van der Waals surface area contributed by atoms with Gasteiger partial charge >= 0.3 is 0 Å². The van der Waals surface area contributed by atoms with E-state index in [0.717, 1.165) is 25.2 Å². The van der Waals surface area contributed by atoms with Crippen molar-refractivity contribution in [2.24, 2.45) is 5.92 Å². The number of hydrogen-bond donors (Lipinski definition) is 1. The Morgan fingerprint density at radius 2 is 1.89 bits per heavy atom. The van der Waals surface area contributed by atoms with Crippen LogP contribution in [0.5, 0.6) is 5.75 Å². The van der Waals surface area contributed by atoms with Gasteiger partial charge in [-0.1, -0.05) is 55.5 Å². The molecule has 5 rings (SSSR count). The van der Waals surface area contributed by atoms with E-state index in [2.05, 4.69) is 85.1 Å². The molecule has 3 unspecified atom stereocenters. The molecule has 0 aromatic heterocycles. The van der Waals surface area contributed by atoms with Crippen molar-refractivity contribution in [2.75, 3.05) is 11.9 Å². The molecule has 2 nitrogen and oxygen atoms in total. The summed E-state index contributed by atoms with van der Waals surface area (Å²) in [6.45, 7) is 2.92. The van der Waals surface area contributed by atoms with Gasteiger partial charge in [0.2, 0.25) is 0 Å². The van der Waals surface area contributed by atoms with Gasteiger partial charge in [-0.15, -0.1) is 0 Å². The fraction of sp³-hybridized carbons (Fsp3) is 0.280. The van der Waals surface area contributed by atoms with Gasteiger partial charge in [0.1, 0.15) is 5.75 Å². The largest absolute Gasteiger partial charge is 0.494 e. The van der Waals surface area contributed by atoms with Crippen molar-refractivity contribution >= 4 is 16.5 Å². The van der Waals surface area contributed by atoms with E-state index in [1.165, 1.54) is 27.6 Å². The first-order chi connectivity index (χ1) is 13.3. The van der Waals surface area contributed by atoms with Crippen molar-refractivity contribution in [3.8, 4) is 5.75 Å². The SMILES string of the molecule is CCCOc1ccc2c(c1)C1C=CCC1C(c1ccc3ccccc3c1)N2. The Kier molecular flexibility index (Phi) is 4.12. The maximum atomic E-state index is 5.88. The molecule has 1 heterocycles. The number of nitrogens with one attached hydrogen (secondary N) is 1. The summed E-state index contributed by atoms with van der Waals surface area (Å²) in [5.41, 5.74) is 3.99. The fourth-order valence-corrected chi connectivity index (χ4v) is 4.61. The van der Waals surface area contributed by atoms with Crippen molar-refractivity contribution in [3.63, 3.8) is 0 Å². The lowest BCUT2D eigenvalue weighted by atomic mass is 9.77. The first-order valence-electron chi connectivity index (χ1n) is 10.0. The van der Waals surface area contributed by atoms with Crippen LogP contribution in [-0.2, 0) is 0 Å². The van der Waals surface area contributed by atoms with Crippen molar-refractivity contribution in [2.45, 2.75) is 31.7 Å². The van der Waals surface area contributed by atoms with Crippen LogP contribution in [0.2, 0.25) is 0 Å². The number of anilines is 1. The molecular formula is C25H25NO. The Bertz CT molecular complexity index is 1010. The Morgan fingerprint density at radius 3 is 2.78 bits per heavy atom. The maximum Gasteiger partial charge on any atom is 0.119 e. The van der Waals surface area contributed by atoms with E-state index in [1.807, 2.05) is 0 Å².